The van der Waals surface area contributed by atoms with Gasteiger partial charge in [-0.25, -0.2) is 33.7 Å². The van der Waals surface area contributed by atoms with E-state index in [0.29, 0.717) is 47.9 Å². The van der Waals surface area contributed by atoms with E-state index in [1.807, 2.05) is 48.5 Å². The van der Waals surface area contributed by atoms with Gasteiger partial charge in [0.25, 0.3) is 0 Å². The first-order valence-electron chi connectivity index (χ1n) is 30.8. The Bertz CT molecular complexity index is 5910. The van der Waals surface area contributed by atoms with Gasteiger partial charge in [0, 0.05) is 0 Å². The van der Waals surface area contributed by atoms with Gasteiger partial charge >= 0.3 is 76.2 Å². The van der Waals surface area contributed by atoms with Crippen molar-refractivity contribution in [1.29, 1.82) is 0 Å². The van der Waals surface area contributed by atoms with Crippen LogP contribution in [-0.4, -0.2) is 51.9 Å². The Morgan fingerprint density at radius 3 is 0.657 bits per heavy atom. The molecule has 1 radical (unpaired) electrons. The van der Waals surface area contributed by atoms with E-state index in [4.69, 9.17) is 0 Å². The Kier molecular flexibility index (Phi) is 17.6. The van der Waals surface area contributed by atoms with Crippen molar-refractivity contribution in [2.75, 3.05) is 0 Å². The fourth-order valence-corrected chi connectivity index (χ4v) is 17.2. The zero-order chi connectivity index (χ0) is 65.9. The summed E-state index contributed by atoms with van der Waals surface area (Å²) in [4.78, 5) is -1.05. The standard InChI is InChI=1S/2C40H26O6S2.Cu.2Na/c2*41-47(42,43)31-9-11-37-27-15-23-13-25(35-7-3-1-5-33(23)35)17-29-20-28(38-12-10-32(21-39(29)38)48(44,45)46)16-24-14-26(18-30(19-27)40(37)22-31)36-8-4-2-6-34(24)36;;;/h2*1-12,15-22H,13-14H2,(H,41,42,43)(H,44,45,46);;;/q;;+2;2*+1/p-4. The van der Waals surface area contributed by atoms with Gasteiger partial charge in [-0.05, 0) is 275 Å². The zero-order valence-corrected chi connectivity index (χ0v) is 61.0. The molecule has 16 bridgehead atoms. The van der Waals surface area contributed by atoms with E-state index < -0.39 is 40.5 Å². The second-order valence-corrected chi connectivity index (χ2v) is 30.6. The Morgan fingerprint density at radius 1 is 0.222 bits per heavy atom. The van der Waals surface area contributed by atoms with Gasteiger partial charge in [-0.15, -0.1) is 0 Å². The van der Waals surface area contributed by atoms with Crippen LogP contribution in [0.3, 0.4) is 0 Å². The first-order valence-corrected chi connectivity index (χ1v) is 36.5. The van der Waals surface area contributed by atoms with Crippen molar-refractivity contribution in [2.24, 2.45) is 0 Å². The van der Waals surface area contributed by atoms with Gasteiger partial charge in [0.2, 0.25) is 0 Å². The smallest absolute Gasteiger partial charge is 0.744 e. The summed E-state index contributed by atoms with van der Waals surface area (Å²) < 4.78 is 145. The number of benzene rings is 8. The Hall–Kier alpha value is -7.72. The first kappa shape index (κ1) is 68.4. The van der Waals surface area contributed by atoms with Gasteiger partial charge in [0.1, 0.15) is 40.5 Å². The van der Waals surface area contributed by atoms with Crippen LogP contribution in [0.15, 0.2) is 262 Å². The summed E-state index contributed by atoms with van der Waals surface area (Å²) in [6.45, 7) is 0. The molecule has 19 heteroatoms. The van der Waals surface area contributed by atoms with E-state index >= 15 is 0 Å². The maximum atomic E-state index is 12.1. The van der Waals surface area contributed by atoms with Gasteiger partial charge in [-0.2, -0.15) is 0 Å². The van der Waals surface area contributed by atoms with Crippen molar-refractivity contribution >= 4 is 130 Å². The topological polar surface area (TPSA) is 229 Å². The maximum Gasteiger partial charge on any atom is 2.00 e. The van der Waals surface area contributed by atoms with Crippen molar-refractivity contribution in [2.45, 2.75) is 45.3 Å². The minimum Gasteiger partial charge on any atom is -0.744 e. The van der Waals surface area contributed by atoms with Crippen LogP contribution in [0, 0.1) is 0 Å². The molecule has 8 aromatic carbocycles. The van der Waals surface area contributed by atoms with E-state index in [0.717, 1.165) is 155 Å². The summed E-state index contributed by atoms with van der Waals surface area (Å²) in [6.07, 6.45) is 27.5. The number of rotatable bonds is 4. The van der Waals surface area contributed by atoms with E-state index in [9.17, 15) is 51.9 Å². The largest absolute Gasteiger partial charge is 2.00 e. The molecule has 0 heterocycles. The van der Waals surface area contributed by atoms with E-state index in [1.54, 1.807) is 24.3 Å². The fraction of sp³-hybridized carbons (Fsp3) is 0.0500. The minimum absolute atomic E-state index is 0. The monoisotopic (exact) mass is 1440 g/mol. The molecule has 0 saturated carbocycles. The second kappa shape index (κ2) is 25.4. The average Bonchev–Trinajstić information content (AvgIpc) is 1.60. The van der Waals surface area contributed by atoms with Gasteiger partial charge in [-0.3, -0.25) is 0 Å². The summed E-state index contributed by atoms with van der Waals surface area (Å²) in [7, 11) is -18.6. The molecule has 0 fully saturated rings. The minimum atomic E-state index is -4.66. The van der Waals surface area contributed by atoms with Crippen LogP contribution in [0.2, 0.25) is 0 Å². The van der Waals surface area contributed by atoms with Crippen LogP contribution < -0.4 is 80.0 Å². The molecule has 0 atom stereocenters. The summed E-state index contributed by atoms with van der Waals surface area (Å²) in [5.41, 5.74) is 25.9. The molecule has 18 rings (SSSR count). The van der Waals surface area contributed by atoms with Crippen LogP contribution in [0.1, 0.15) is 92.4 Å². The molecule has 0 aromatic heterocycles. The third-order valence-electron chi connectivity index (χ3n) is 19.5. The number of hydrogen-bond donors (Lipinski definition) is 0. The molecule has 477 valence electrons. The average molecular weight is 1440 g/mol. The Morgan fingerprint density at radius 2 is 0.424 bits per heavy atom. The van der Waals surface area contributed by atoms with Gasteiger partial charge in [-0.1, -0.05) is 170 Å². The van der Waals surface area contributed by atoms with E-state index in [1.165, 1.54) is 48.5 Å². The van der Waals surface area contributed by atoms with Crippen LogP contribution in [0.5, 0.6) is 0 Å². The molecular formula is C80H48CuNa2O12S4. The first-order chi connectivity index (χ1) is 46.0. The van der Waals surface area contributed by atoms with Crippen LogP contribution in [-0.2, 0) is 57.5 Å². The normalized spacial score (nSPS) is 16.8. The number of hydrogen-bond acceptors (Lipinski definition) is 12. The predicted octanol–water partition coefficient (Wildman–Crippen LogP) is 6.10. The summed E-state index contributed by atoms with van der Waals surface area (Å²) in [5.74, 6) is 0. The molecule has 10 aliphatic carbocycles. The van der Waals surface area contributed by atoms with Crippen molar-refractivity contribution < 1.29 is 128 Å². The zero-order valence-electron chi connectivity index (χ0n) is 52.8. The van der Waals surface area contributed by atoms with Crippen molar-refractivity contribution in [3.8, 4) is 0 Å². The van der Waals surface area contributed by atoms with Crippen molar-refractivity contribution in [3.63, 3.8) is 0 Å². The van der Waals surface area contributed by atoms with Gasteiger partial charge in [0.15, 0.2) is 0 Å². The fourth-order valence-electron chi connectivity index (χ4n) is 15.2. The molecule has 10 aliphatic rings. The molecule has 0 amide bonds. The number of allylic oxidation sites excluding steroid dienone is 24. The van der Waals surface area contributed by atoms with Crippen LogP contribution in [0.4, 0.5) is 0 Å². The third kappa shape index (κ3) is 12.2. The molecule has 0 N–H and O–H groups in total. The second-order valence-electron chi connectivity index (χ2n) is 25.1. The summed E-state index contributed by atoms with van der Waals surface area (Å²) in [5, 5.41) is 4.24. The molecule has 99 heavy (non-hydrogen) atoms. The SMILES string of the molecule is O=S(=O)([O-])c1ccc2c(c1)C1=CC2=CC2=c3ccccc3=C(C=C3C=C(C=C4CC(=C1)c1ccccc14)c1ccc(S(=O)(=O)[O-])cc13)C2.O=S(=O)([O-])c1ccc2c(c1)C1=CC2=CC2=c3ccccc3=C(C=C3C=C(C=C4CC(=C1)c1ccccc14)c1ccc(S(=O)(=O)[O-])cc13)C2.[Cu+2].[Na+].[Na+]. The molecule has 0 spiro atoms. The van der Waals surface area contributed by atoms with Gasteiger partial charge in [0.05, 0.1) is 19.6 Å². The Labute approximate surface area is 626 Å². The van der Waals surface area contributed by atoms with E-state index in [-0.39, 0.29) is 95.8 Å². The predicted molar refractivity (Wildman–Crippen MR) is 370 cm³/mol. The molecule has 0 aliphatic heterocycles. The molecular weight excluding hydrogens is 1390 g/mol. The quantitative estimate of drug-likeness (QED) is 0.144. The van der Waals surface area contributed by atoms with Crippen molar-refractivity contribution in [3.05, 3.63) is 330 Å². The van der Waals surface area contributed by atoms with Crippen LogP contribution >= 0.6 is 0 Å². The summed E-state index contributed by atoms with van der Waals surface area (Å²) in [6, 6.07) is 50.8. The summed E-state index contributed by atoms with van der Waals surface area (Å²) >= 11 is 0. The van der Waals surface area contributed by atoms with Crippen LogP contribution in [0.25, 0.3) is 89.2 Å². The molecule has 0 saturated heterocycles. The third-order valence-corrected chi connectivity index (χ3v) is 22.8. The molecule has 12 nitrogen and oxygen atoms in total. The number of fused-ring (bicyclic) bond motifs is 32. The molecule has 8 aromatic rings. The molecule has 0 unspecified atom stereocenters. The van der Waals surface area contributed by atoms with Crippen molar-refractivity contribution in [1.82, 2.24) is 0 Å². The van der Waals surface area contributed by atoms with Gasteiger partial charge < -0.3 is 18.2 Å². The maximum absolute atomic E-state index is 12.1. The van der Waals surface area contributed by atoms with E-state index in [2.05, 4.69) is 121 Å². The Balaban J connectivity index is 0.000000164.